The molecule has 1 heterocycles. The lowest BCUT2D eigenvalue weighted by molar-refractivity contribution is -0.385. The third-order valence-corrected chi connectivity index (χ3v) is 3.60. The van der Waals surface area contributed by atoms with Crippen molar-refractivity contribution >= 4 is 17.7 Å². The number of nitrogens with zero attached hydrogens (tertiary/aromatic N) is 1. The van der Waals surface area contributed by atoms with Crippen LogP contribution in [0.4, 0.5) is 5.69 Å². The van der Waals surface area contributed by atoms with Gasteiger partial charge in [-0.3, -0.25) is 14.9 Å². The van der Waals surface area contributed by atoms with E-state index in [0.717, 1.165) is 25.9 Å². The number of hydrogen-bond acceptors (Lipinski definition) is 5. The largest absolute Gasteiger partial charge is 0.487 e. The number of amides is 1. The SMILES string of the molecule is CCCOc1ccc(/C=C/C(=O)NCC2CCCO2)cc1[N+](=O)[O-]. The van der Waals surface area contributed by atoms with Gasteiger partial charge in [0.25, 0.3) is 0 Å². The molecule has 130 valence electrons. The number of nitro benzene ring substituents is 1. The van der Waals surface area contributed by atoms with Gasteiger partial charge in [-0.25, -0.2) is 0 Å². The molecule has 1 aliphatic heterocycles. The van der Waals surface area contributed by atoms with E-state index in [1.165, 1.54) is 12.1 Å². The second-order valence-electron chi connectivity index (χ2n) is 5.55. The van der Waals surface area contributed by atoms with Gasteiger partial charge in [-0.2, -0.15) is 0 Å². The van der Waals surface area contributed by atoms with Crippen LogP contribution in [0.2, 0.25) is 0 Å². The average molecular weight is 334 g/mol. The van der Waals surface area contributed by atoms with Crippen molar-refractivity contribution in [1.82, 2.24) is 5.32 Å². The lowest BCUT2D eigenvalue weighted by Gasteiger charge is -2.09. The summed E-state index contributed by atoms with van der Waals surface area (Å²) in [6, 6.07) is 4.63. The van der Waals surface area contributed by atoms with Crippen molar-refractivity contribution in [2.45, 2.75) is 32.3 Å². The maximum atomic E-state index is 11.8. The predicted molar refractivity (Wildman–Crippen MR) is 89.9 cm³/mol. The van der Waals surface area contributed by atoms with E-state index < -0.39 is 4.92 Å². The molecule has 0 spiro atoms. The number of nitrogens with one attached hydrogen (secondary N) is 1. The molecule has 1 aromatic carbocycles. The molecule has 1 aromatic rings. The lowest BCUT2D eigenvalue weighted by Crippen LogP contribution is -2.30. The number of ether oxygens (including phenoxy) is 2. The van der Waals surface area contributed by atoms with Crippen LogP contribution >= 0.6 is 0 Å². The molecule has 7 heteroatoms. The molecule has 24 heavy (non-hydrogen) atoms. The Morgan fingerprint density at radius 1 is 1.54 bits per heavy atom. The monoisotopic (exact) mass is 334 g/mol. The fourth-order valence-electron chi connectivity index (χ4n) is 2.37. The van der Waals surface area contributed by atoms with Gasteiger partial charge in [0.15, 0.2) is 5.75 Å². The number of rotatable bonds is 8. The average Bonchev–Trinajstić information content (AvgIpc) is 3.10. The molecule has 0 radical (unpaired) electrons. The molecule has 1 atom stereocenters. The zero-order valence-electron chi connectivity index (χ0n) is 13.7. The predicted octanol–water partition coefficient (Wildman–Crippen LogP) is 2.69. The minimum atomic E-state index is -0.486. The van der Waals surface area contributed by atoms with Crippen molar-refractivity contribution < 1.29 is 19.2 Å². The van der Waals surface area contributed by atoms with Crippen LogP contribution in [-0.4, -0.2) is 36.7 Å². The van der Waals surface area contributed by atoms with Gasteiger partial charge < -0.3 is 14.8 Å². The summed E-state index contributed by atoms with van der Waals surface area (Å²) in [5, 5.41) is 13.9. The second-order valence-corrected chi connectivity index (χ2v) is 5.55. The van der Waals surface area contributed by atoms with Crippen molar-refractivity contribution in [1.29, 1.82) is 0 Å². The van der Waals surface area contributed by atoms with Crippen LogP contribution in [0.25, 0.3) is 6.08 Å². The van der Waals surface area contributed by atoms with Gasteiger partial charge in [-0.15, -0.1) is 0 Å². The second kappa shape index (κ2) is 9.02. The van der Waals surface area contributed by atoms with Crippen LogP contribution < -0.4 is 10.1 Å². The van der Waals surface area contributed by atoms with Crippen LogP contribution in [-0.2, 0) is 9.53 Å². The number of carbonyl (C=O) groups is 1. The Morgan fingerprint density at radius 2 is 2.38 bits per heavy atom. The Bertz CT molecular complexity index is 609. The van der Waals surface area contributed by atoms with E-state index in [9.17, 15) is 14.9 Å². The maximum Gasteiger partial charge on any atom is 0.311 e. The Hall–Kier alpha value is -2.41. The Kier molecular flexibility index (Phi) is 6.74. The highest BCUT2D eigenvalue weighted by atomic mass is 16.6. The molecule has 2 rings (SSSR count). The minimum Gasteiger partial charge on any atom is -0.487 e. The molecule has 1 aliphatic rings. The summed E-state index contributed by atoms with van der Waals surface area (Å²) in [4.78, 5) is 22.4. The first-order chi connectivity index (χ1) is 11.6. The normalized spacial score (nSPS) is 17.1. The van der Waals surface area contributed by atoms with Crippen molar-refractivity contribution in [2.75, 3.05) is 19.8 Å². The Morgan fingerprint density at radius 3 is 3.04 bits per heavy atom. The summed E-state index contributed by atoms with van der Waals surface area (Å²) in [5.41, 5.74) is 0.461. The van der Waals surface area contributed by atoms with Gasteiger partial charge in [0.2, 0.25) is 5.91 Å². The highest BCUT2D eigenvalue weighted by Crippen LogP contribution is 2.28. The van der Waals surface area contributed by atoms with Crippen LogP contribution in [0.1, 0.15) is 31.7 Å². The summed E-state index contributed by atoms with van der Waals surface area (Å²) in [7, 11) is 0. The van der Waals surface area contributed by atoms with E-state index in [1.54, 1.807) is 18.2 Å². The van der Waals surface area contributed by atoms with E-state index in [4.69, 9.17) is 9.47 Å². The van der Waals surface area contributed by atoms with Crippen LogP contribution in [0.3, 0.4) is 0 Å². The van der Waals surface area contributed by atoms with Crippen LogP contribution in [0.15, 0.2) is 24.3 Å². The first kappa shape index (κ1) is 17.9. The highest BCUT2D eigenvalue weighted by molar-refractivity contribution is 5.91. The molecule has 1 fully saturated rings. The third-order valence-electron chi connectivity index (χ3n) is 3.60. The molecule has 1 unspecified atom stereocenters. The van der Waals surface area contributed by atoms with Gasteiger partial charge in [0, 0.05) is 25.3 Å². The number of carbonyl (C=O) groups excluding carboxylic acids is 1. The highest BCUT2D eigenvalue weighted by Gasteiger charge is 2.16. The van der Waals surface area contributed by atoms with Gasteiger partial charge in [-0.05, 0) is 37.0 Å². The topological polar surface area (TPSA) is 90.7 Å². The number of nitro groups is 1. The standard InChI is InChI=1S/C17H22N2O5/c1-2-9-24-16-7-5-13(11-15(16)19(21)22)6-8-17(20)18-12-14-4-3-10-23-14/h5-8,11,14H,2-4,9-10,12H2,1H3,(H,18,20)/b8-6+. The summed E-state index contributed by atoms with van der Waals surface area (Å²) in [6.07, 6.45) is 5.73. The number of benzene rings is 1. The molecule has 7 nitrogen and oxygen atoms in total. The fourth-order valence-corrected chi connectivity index (χ4v) is 2.37. The molecule has 0 saturated carbocycles. The van der Waals surface area contributed by atoms with Crippen LogP contribution in [0, 0.1) is 10.1 Å². The Balaban J connectivity index is 1.96. The Labute approximate surface area is 140 Å². The van der Waals surface area contributed by atoms with Crippen molar-refractivity contribution in [3.05, 3.63) is 40.0 Å². The maximum absolute atomic E-state index is 11.8. The van der Waals surface area contributed by atoms with Gasteiger partial charge in [-0.1, -0.05) is 13.0 Å². The van der Waals surface area contributed by atoms with E-state index in [2.05, 4.69) is 5.32 Å². The molecule has 0 bridgehead atoms. The third kappa shape index (κ3) is 5.34. The lowest BCUT2D eigenvalue weighted by atomic mass is 10.1. The molecule has 1 N–H and O–H groups in total. The fraction of sp³-hybridized carbons (Fsp3) is 0.471. The minimum absolute atomic E-state index is 0.0819. The first-order valence-electron chi connectivity index (χ1n) is 8.09. The molecule has 0 aromatic heterocycles. The molecule has 1 saturated heterocycles. The van der Waals surface area contributed by atoms with E-state index in [0.29, 0.717) is 18.7 Å². The quantitative estimate of drug-likeness (QED) is 0.448. The van der Waals surface area contributed by atoms with E-state index >= 15 is 0 Å². The molecule has 0 aliphatic carbocycles. The van der Waals surface area contributed by atoms with Crippen molar-refractivity contribution in [3.8, 4) is 5.75 Å². The van der Waals surface area contributed by atoms with E-state index in [1.807, 2.05) is 6.92 Å². The summed E-state index contributed by atoms with van der Waals surface area (Å²) in [6.45, 7) is 3.57. The van der Waals surface area contributed by atoms with Gasteiger partial charge in [0.1, 0.15) is 0 Å². The van der Waals surface area contributed by atoms with E-state index in [-0.39, 0.29) is 23.4 Å². The van der Waals surface area contributed by atoms with Gasteiger partial charge in [0.05, 0.1) is 17.6 Å². The zero-order chi connectivity index (χ0) is 17.4. The van der Waals surface area contributed by atoms with Crippen molar-refractivity contribution in [2.24, 2.45) is 0 Å². The van der Waals surface area contributed by atoms with Gasteiger partial charge >= 0.3 is 5.69 Å². The first-order valence-corrected chi connectivity index (χ1v) is 8.09. The summed E-state index contributed by atoms with van der Waals surface area (Å²) < 4.78 is 10.8. The molecular weight excluding hydrogens is 312 g/mol. The molecular formula is C17H22N2O5. The zero-order valence-corrected chi connectivity index (χ0v) is 13.7. The summed E-state index contributed by atoms with van der Waals surface area (Å²) in [5.74, 6) is -0.0127. The summed E-state index contributed by atoms with van der Waals surface area (Å²) >= 11 is 0. The number of hydrogen-bond donors (Lipinski definition) is 1. The van der Waals surface area contributed by atoms with Crippen LogP contribution in [0.5, 0.6) is 5.75 Å². The molecule has 1 amide bonds. The van der Waals surface area contributed by atoms with Crippen molar-refractivity contribution in [3.63, 3.8) is 0 Å². The smallest absolute Gasteiger partial charge is 0.311 e.